The van der Waals surface area contributed by atoms with Crippen molar-refractivity contribution in [3.63, 3.8) is 0 Å². The zero-order valence-corrected chi connectivity index (χ0v) is 9.57. The molecule has 0 aromatic heterocycles. The van der Waals surface area contributed by atoms with Gasteiger partial charge in [-0.2, -0.15) is 0 Å². The number of rotatable bonds is 5. The predicted molar refractivity (Wildman–Crippen MR) is 63.7 cm³/mol. The molecule has 3 heteroatoms. The summed E-state index contributed by atoms with van der Waals surface area (Å²) in [6.45, 7) is 2.72. The molecule has 0 bridgehead atoms. The van der Waals surface area contributed by atoms with E-state index < -0.39 is 5.54 Å². The predicted octanol–water partition coefficient (Wildman–Crippen LogP) is 1.39. The molecular formula is C13H18N2O. The van der Waals surface area contributed by atoms with Crippen LogP contribution in [-0.4, -0.2) is 12.5 Å². The van der Waals surface area contributed by atoms with Gasteiger partial charge >= 0.3 is 0 Å². The van der Waals surface area contributed by atoms with Crippen LogP contribution in [0.5, 0.6) is 0 Å². The van der Waals surface area contributed by atoms with E-state index >= 15 is 0 Å². The van der Waals surface area contributed by atoms with E-state index in [0.29, 0.717) is 0 Å². The second-order valence-electron chi connectivity index (χ2n) is 4.68. The first-order valence-electron chi connectivity index (χ1n) is 5.73. The van der Waals surface area contributed by atoms with Crippen LogP contribution in [0.25, 0.3) is 0 Å². The van der Waals surface area contributed by atoms with Gasteiger partial charge in [-0.3, -0.25) is 10.1 Å². The van der Waals surface area contributed by atoms with Gasteiger partial charge in [-0.15, -0.1) is 0 Å². The Morgan fingerprint density at radius 1 is 1.44 bits per heavy atom. The normalized spacial score (nSPS) is 19.1. The minimum Gasteiger partial charge on any atom is -0.368 e. The number of nitrogens with one attached hydrogen (secondary N) is 1. The van der Waals surface area contributed by atoms with E-state index in [0.717, 1.165) is 18.0 Å². The van der Waals surface area contributed by atoms with E-state index in [9.17, 15) is 4.79 Å². The lowest BCUT2D eigenvalue weighted by molar-refractivity contribution is -0.124. The minimum absolute atomic E-state index is 0.320. The highest BCUT2D eigenvalue weighted by Gasteiger charge is 2.34. The van der Waals surface area contributed by atoms with Gasteiger partial charge in [0, 0.05) is 0 Å². The second kappa shape index (κ2) is 4.26. The summed E-state index contributed by atoms with van der Waals surface area (Å²) in [6.07, 6.45) is 2.52. The molecule has 3 N–H and O–H groups in total. The number of amides is 1. The molecule has 0 spiro atoms. The summed E-state index contributed by atoms with van der Waals surface area (Å²) in [6, 6.07) is 9.66. The van der Waals surface area contributed by atoms with Crippen molar-refractivity contribution in [2.24, 2.45) is 11.7 Å². The third-order valence-corrected chi connectivity index (χ3v) is 3.29. The molecule has 1 aliphatic rings. The fourth-order valence-corrected chi connectivity index (χ4v) is 1.77. The van der Waals surface area contributed by atoms with Crippen molar-refractivity contribution in [3.05, 3.63) is 35.9 Å². The summed E-state index contributed by atoms with van der Waals surface area (Å²) in [5.74, 6) is 0.404. The summed E-state index contributed by atoms with van der Waals surface area (Å²) >= 11 is 0. The van der Waals surface area contributed by atoms with Crippen LogP contribution in [-0.2, 0) is 10.3 Å². The van der Waals surface area contributed by atoms with Crippen molar-refractivity contribution < 1.29 is 4.79 Å². The van der Waals surface area contributed by atoms with Crippen LogP contribution in [0.4, 0.5) is 0 Å². The Balaban J connectivity index is 2.16. The third kappa shape index (κ3) is 2.25. The molecule has 0 aliphatic heterocycles. The zero-order chi connectivity index (χ0) is 11.6. The van der Waals surface area contributed by atoms with Crippen molar-refractivity contribution in [3.8, 4) is 0 Å². The maximum absolute atomic E-state index is 11.6. The van der Waals surface area contributed by atoms with Crippen LogP contribution in [0, 0.1) is 5.92 Å². The summed E-state index contributed by atoms with van der Waals surface area (Å²) in [5, 5.41) is 3.30. The minimum atomic E-state index is -0.746. The highest BCUT2D eigenvalue weighted by molar-refractivity contribution is 5.85. The zero-order valence-electron chi connectivity index (χ0n) is 9.57. The van der Waals surface area contributed by atoms with Crippen LogP contribution < -0.4 is 11.1 Å². The maximum atomic E-state index is 11.6. The quantitative estimate of drug-likeness (QED) is 0.784. The number of benzene rings is 1. The molecule has 1 unspecified atom stereocenters. The number of carbonyl (C=O) groups is 1. The van der Waals surface area contributed by atoms with Crippen molar-refractivity contribution in [1.29, 1.82) is 0 Å². The van der Waals surface area contributed by atoms with Crippen LogP contribution >= 0.6 is 0 Å². The van der Waals surface area contributed by atoms with Gasteiger partial charge in [-0.05, 0) is 37.8 Å². The lowest BCUT2D eigenvalue weighted by Gasteiger charge is -2.28. The van der Waals surface area contributed by atoms with E-state index in [1.54, 1.807) is 0 Å². The number of nitrogens with two attached hydrogens (primary N) is 1. The summed E-state index contributed by atoms with van der Waals surface area (Å²) in [5.41, 5.74) is 5.70. The topological polar surface area (TPSA) is 55.1 Å². The fourth-order valence-electron chi connectivity index (χ4n) is 1.77. The van der Waals surface area contributed by atoms with Crippen molar-refractivity contribution in [1.82, 2.24) is 5.32 Å². The summed E-state index contributed by atoms with van der Waals surface area (Å²) in [4.78, 5) is 11.6. The third-order valence-electron chi connectivity index (χ3n) is 3.29. The standard InChI is InChI=1S/C13H18N2O/c1-13(12(14)16,15-9-10-7-8-10)11-5-3-2-4-6-11/h2-6,10,15H,7-9H2,1H3,(H2,14,16). The smallest absolute Gasteiger partial charge is 0.242 e. The molecule has 1 aliphatic carbocycles. The van der Waals surface area contributed by atoms with Gasteiger partial charge in [0.25, 0.3) is 0 Å². The van der Waals surface area contributed by atoms with Gasteiger partial charge in [0.15, 0.2) is 0 Å². The number of carbonyl (C=O) groups excluding carboxylic acids is 1. The average Bonchev–Trinajstić information content (AvgIpc) is 3.10. The van der Waals surface area contributed by atoms with Crippen molar-refractivity contribution >= 4 is 5.91 Å². The first-order chi connectivity index (χ1) is 7.63. The molecule has 86 valence electrons. The number of hydrogen-bond acceptors (Lipinski definition) is 2. The molecule has 0 saturated heterocycles. The lowest BCUT2D eigenvalue weighted by atomic mass is 9.91. The SMILES string of the molecule is CC(NCC1CC1)(C(N)=O)c1ccccc1. The Kier molecular flexibility index (Phi) is 2.97. The molecule has 1 aromatic rings. The van der Waals surface area contributed by atoms with Crippen LogP contribution in [0.1, 0.15) is 25.3 Å². The van der Waals surface area contributed by atoms with Crippen molar-refractivity contribution in [2.75, 3.05) is 6.54 Å². The first-order valence-corrected chi connectivity index (χ1v) is 5.73. The molecule has 1 atom stereocenters. The molecule has 0 heterocycles. The molecule has 1 aromatic carbocycles. The van der Waals surface area contributed by atoms with Crippen LogP contribution in [0.2, 0.25) is 0 Å². The van der Waals surface area contributed by atoms with E-state index in [2.05, 4.69) is 5.32 Å². The van der Waals surface area contributed by atoms with E-state index in [1.807, 2.05) is 37.3 Å². The number of hydrogen-bond donors (Lipinski definition) is 2. The van der Waals surface area contributed by atoms with Crippen LogP contribution in [0.3, 0.4) is 0 Å². The van der Waals surface area contributed by atoms with Gasteiger partial charge in [-0.25, -0.2) is 0 Å². The average molecular weight is 218 g/mol. The molecule has 16 heavy (non-hydrogen) atoms. The largest absolute Gasteiger partial charge is 0.368 e. The summed E-state index contributed by atoms with van der Waals surface area (Å²) in [7, 11) is 0. The van der Waals surface area contributed by atoms with Gasteiger partial charge in [-0.1, -0.05) is 30.3 Å². The van der Waals surface area contributed by atoms with Gasteiger partial charge in [0.05, 0.1) is 0 Å². The highest BCUT2D eigenvalue weighted by Crippen LogP contribution is 2.29. The Morgan fingerprint density at radius 2 is 2.06 bits per heavy atom. The van der Waals surface area contributed by atoms with Gasteiger partial charge < -0.3 is 5.73 Å². The molecule has 3 nitrogen and oxygen atoms in total. The number of primary amides is 1. The highest BCUT2D eigenvalue weighted by atomic mass is 16.1. The lowest BCUT2D eigenvalue weighted by Crippen LogP contribution is -2.51. The monoisotopic (exact) mass is 218 g/mol. The molecule has 0 radical (unpaired) electrons. The van der Waals surface area contributed by atoms with Crippen molar-refractivity contribution in [2.45, 2.75) is 25.3 Å². The van der Waals surface area contributed by atoms with E-state index in [4.69, 9.17) is 5.73 Å². The molecule has 1 saturated carbocycles. The molecule has 1 fully saturated rings. The Morgan fingerprint density at radius 3 is 2.56 bits per heavy atom. The van der Waals surface area contributed by atoms with Gasteiger partial charge in [0.1, 0.15) is 5.54 Å². The fraction of sp³-hybridized carbons (Fsp3) is 0.462. The Hall–Kier alpha value is -1.35. The Bertz CT molecular complexity index is 373. The second-order valence-corrected chi connectivity index (χ2v) is 4.68. The summed E-state index contributed by atoms with van der Waals surface area (Å²) < 4.78 is 0. The molecule has 2 rings (SSSR count). The Labute approximate surface area is 96.0 Å². The molecular weight excluding hydrogens is 200 g/mol. The van der Waals surface area contributed by atoms with Crippen LogP contribution in [0.15, 0.2) is 30.3 Å². The molecule has 1 amide bonds. The first kappa shape index (κ1) is 11.1. The van der Waals surface area contributed by atoms with E-state index in [1.165, 1.54) is 12.8 Å². The maximum Gasteiger partial charge on any atom is 0.242 e. The van der Waals surface area contributed by atoms with E-state index in [-0.39, 0.29) is 5.91 Å². The van der Waals surface area contributed by atoms with Gasteiger partial charge in [0.2, 0.25) is 5.91 Å².